The Hall–Kier alpha value is -1.86. The summed E-state index contributed by atoms with van der Waals surface area (Å²) in [5, 5.41) is 16.3. The fourth-order valence-electron chi connectivity index (χ4n) is 1.77. The van der Waals surface area contributed by atoms with Gasteiger partial charge in [-0.25, -0.2) is 9.59 Å². The number of hydrogen-bond acceptors (Lipinski definition) is 3. The van der Waals surface area contributed by atoms with Crippen molar-refractivity contribution in [2.75, 3.05) is 5.32 Å². The van der Waals surface area contributed by atoms with Gasteiger partial charge >= 0.3 is 12.0 Å². The predicted octanol–water partition coefficient (Wildman–Crippen LogP) is 4.09. The van der Waals surface area contributed by atoms with E-state index >= 15 is 0 Å². The van der Waals surface area contributed by atoms with Crippen LogP contribution in [0.4, 0.5) is 9.80 Å². The Kier molecular flexibility index (Phi) is 4.98. The van der Waals surface area contributed by atoms with E-state index in [-0.39, 0.29) is 11.6 Å². The molecule has 2 amide bonds. The molecule has 0 aliphatic carbocycles. The summed E-state index contributed by atoms with van der Waals surface area (Å²) in [5.41, 5.74) is 1.04. The molecule has 1 aromatic heterocycles. The molecule has 21 heavy (non-hydrogen) atoms. The maximum atomic E-state index is 11.9. The molecule has 1 atom stereocenters. The molecule has 1 aromatic carbocycles. The molecule has 0 unspecified atom stereocenters. The van der Waals surface area contributed by atoms with E-state index in [0.29, 0.717) is 5.00 Å². The van der Waals surface area contributed by atoms with Gasteiger partial charge in [0.2, 0.25) is 0 Å². The number of thiophene rings is 1. The molecule has 2 aromatic rings. The number of carbonyl (C=O) groups excluding carboxylic acids is 1. The Bertz CT molecular complexity index is 672. The van der Waals surface area contributed by atoms with Crippen LogP contribution < -0.4 is 10.6 Å². The first-order chi connectivity index (χ1) is 9.97. The zero-order valence-electron chi connectivity index (χ0n) is 11.1. The van der Waals surface area contributed by atoms with Crippen LogP contribution in [0, 0.1) is 0 Å². The smallest absolute Gasteiger partial charge is 0.338 e. The van der Waals surface area contributed by atoms with Gasteiger partial charge in [-0.15, -0.1) is 11.3 Å². The van der Waals surface area contributed by atoms with Crippen molar-refractivity contribution in [1.82, 2.24) is 5.32 Å². The maximum absolute atomic E-state index is 11.9. The van der Waals surface area contributed by atoms with Gasteiger partial charge < -0.3 is 10.4 Å². The van der Waals surface area contributed by atoms with Gasteiger partial charge in [0.1, 0.15) is 5.00 Å². The Morgan fingerprint density at radius 1 is 1.33 bits per heavy atom. The molecule has 0 bridgehead atoms. The Labute approximate surface area is 134 Å². The van der Waals surface area contributed by atoms with Gasteiger partial charge in [-0.2, -0.15) is 0 Å². The minimum Gasteiger partial charge on any atom is -0.478 e. The average molecular weight is 369 g/mol. The molecule has 5 nitrogen and oxygen atoms in total. The van der Waals surface area contributed by atoms with Gasteiger partial charge in [-0.3, -0.25) is 5.32 Å². The lowest BCUT2D eigenvalue weighted by atomic mass is 10.1. The van der Waals surface area contributed by atoms with E-state index in [9.17, 15) is 9.59 Å². The van der Waals surface area contributed by atoms with Gasteiger partial charge in [-0.05, 0) is 36.1 Å². The van der Waals surface area contributed by atoms with Crippen LogP contribution in [0.5, 0.6) is 0 Å². The third-order valence-electron chi connectivity index (χ3n) is 2.82. The van der Waals surface area contributed by atoms with Crippen LogP contribution in [0.2, 0.25) is 0 Å². The topological polar surface area (TPSA) is 78.4 Å². The maximum Gasteiger partial charge on any atom is 0.338 e. The van der Waals surface area contributed by atoms with Crippen LogP contribution in [0.25, 0.3) is 0 Å². The van der Waals surface area contributed by atoms with Crippen LogP contribution in [-0.4, -0.2) is 17.1 Å². The SMILES string of the molecule is C[C@@H](NC(=O)Nc1sccc1C(=O)O)c1cccc(Br)c1. The first-order valence-electron chi connectivity index (χ1n) is 6.11. The molecular weight excluding hydrogens is 356 g/mol. The second kappa shape index (κ2) is 6.73. The molecule has 3 N–H and O–H groups in total. The highest BCUT2D eigenvalue weighted by atomic mass is 79.9. The molecule has 0 radical (unpaired) electrons. The largest absolute Gasteiger partial charge is 0.478 e. The minimum absolute atomic E-state index is 0.0882. The van der Waals surface area contributed by atoms with Crippen LogP contribution >= 0.6 is 27.3 Å². The van der Waals surface area contributed by atoms with Crippen molar-refractivity contribution in [2.45, 2.75) is 13.0 Å². The van der Waals surface area contributed by atoms with E-state index in [4.69, 9.17) is 5.11 Å². The first-order valence-corrected chi connectivity index (χ1v) is 7.78. The Morgan fingerprint density at radius 2 is 2.10 bits per heavy atom. The highest BCUT2D eigenvalue weighted by Crippen LogP contribution is 2.23. The standard InChI is InChI=1S/C14H13BrN2O3S/c1-8(9-3-2-4-10(15)7-9)16-14(20)17-12-11(13(18)19)5-6-21-12/h2-8H,1H3,(H,18,19)(H2,16,17,20)/t8-/m1/s1. The van der Waals surface area contributed by atoms with Gasteiger partial charge in [-0.1, -0.05) is 28.1 Å². The number of urea groups is 1. The van der Waals surface area contributed by atoms with Crippen molar-refractivity contribution < 1.29 is 14.7 Å². The first kappa shape index (κ1) is 15.5. The van der Waals surface area contributed by atoms with E-state index < -0.39 is 12.0 Å². The zero-order valence-corrected chi connectivity index (χ0v) is 13.5. The molecule has 2 rings (SSSR count). The number of carboxylic acid groups (broad SMARTS) is 1. The molecule has 7 heteroatoms. The van der Waals surface area contributed by atoms with Crippen LogP contribution in [0.3, 0.4) is 0 Å². The number of anilines is 1. The second-order valence-electron chi connectivity index (χ2n) is 4.34. The molecule has 0 saturated heterocycles. The summed E-state index contributed by atoms with van der Waals surface area (Å²) in [6.07, 6.45) is 0. The molecule has 0 aliphatic rings. The lowest BCUT2D eigenvalue weighted by Gasteiger charge is -2.15. The van der Waals surface area contributed by atoms with E-state index in [1.165, 1.54) is 17.4 Å². The zero-order chi connectivity index (χ0) is 15.4. The number of carboxylic acids is 1. The van der Waals surface area contributed by atoms with Crippen molar-refractivity contribution in [3.05, 3.63) is 51.3 Å². The number of nitrogens with one attached hydrogen (secondary N) is 2. The minimum atomic E-state index is -1.06. The number of benzene rings is 1. The van der Waals surface area contributed by atoms with E-state index in [1.807, 2.05) is 31.2 Å². The van der Waals surface area contributed by atoms with Gasteiger partial charge in [0, 0.05) is 4.47 Å². The molecule has 0 fully saturated rings. The van der Waals surface area contributed by atoms with Gasteiger partial charge in [0.15, 0.2) is 0 Å². The molecule has 0 saturated carbocycles. The monoisotopic (exact) mass is 368 g/mol. The van der Waals surface area contributed by atoms with Crippen molar-refractivity contribution in [1.29, 1.82) is 0 Å². The molecular formula is C14H13BrN2O3S. The fraction of sp³-hybridized carbons (Fsp3) is 0.143. The molecule has 1 heterocycles. The summed E-state index contributed by atoms with van der Waals surface area (Å²) >= 11 is 4.55. The number of carbonyl (C=O) groups is 2. The number of aromatic carboxylic acids is 1. The molecule has 0 aliphatic heterocycles. The molecule has 0 spiro atoms. The van der Waals surface area contributed by atoms with Crippen LogP contribution in [0.1, 0.15) is 28.9 Å². The highest BCUT2D eigenvalue weighted by molar-refractivity contribution is 9.10. The quantitative estimate of drug-likeness (QED) is 0.760. The summed E-state index contributed by atoms with van der Waals surface area (Å²) in [4.78, 5) is 22.9. The normalized spacial score (nSPS) is 11.7. The number of hydrogen-bond donors (Lipinski definition) is 3. The van der Waals surface area contributed by atoms with E-state index in [2.05, 4.69) is 26.6 Å². The third kappa shape index (κ3) is 4.05. The summed E-state index contributed by atoms with van der Waals surface area (Å²) in [6, 6.07) is 8.43. The van der Waals surface area contributed by atoms with Crippen molar-refractivity contribution in [3.8, 4) is 0 Å². The predicted molar refractivity (Wildman–Crippen MR) is 86.0 cm³/mol. The summed E-state index contributed by atoms with van der Waals surface area (Å²) in [6.45, 7) is 1.86. The Morgan fingerprint density at radius 3 is 2.76 bits per heavy atom. The highest BCUT2D eigenvalue weighted by Gasteiger charge is 2.15. The van der Waals surface area contributed by atoms with Gasteiger partial charge in [0.05, 0.1) is 11.6 Å². The average Bonchev–Trinajstić information content (AvgIpc) is 2.86. The van der Waals surface area contributed by atoms with Crippen molar-refractivity contribution in [2.24, 2.45) is 0 Å². The van der Waals surface area contributed by atoms with Crippen molar-refractivity contribution >= 4 is 44.3 Å². The lowest BCUT2D eigenvalue weighted by Crippen LogP contribution is -2.31. The second-order valence-corrected chi connectivity index (χ2v) is 6.18. The number of amides is 2. The summed E-state index contributed by atoms with van der Waals surface area (Å²) in [5.74, 6) is -1.06. The molecule has 110 valence electrons. The van der Waals surface area contributed by atoms with Crippen molar-refractivity contribution in [3.63, 3.8) is 0 Å². The lowest BCUT2D eigenvalue weighted by molar-refractivity contribution is 0.0698. The number of rotatable bonds is 4. The fourth-order valence-corrected chi connectivity index (χ4v) is 2.96. The van der Waals surface area contributed by atoms with E-state index in [0.717, 1.165) is 10.0 Å². The Balaban J connectivity index is 2.01. The third-order valence-corrected chi connectivity index (χ3v) is 4.14. The van der Waals surface area contributed by atoms with Crippen LogP contribution in [-0.2, 0) is 0 Å². The van der Waals surface area contributed by atoms with Crippen LogP contribution in [0.15, 0.2) is 40.2 Å². The number of halogens is 1. The van der Waals surface area contributed by atoms with Gasteiger partial charge in [0.25, 0.3) is 0 Å². The summed E-state index contributed by atoms with van der Waals surface area (Å²) < 4.78 is 0.931. The summed E-state index contributed by atoms with van der Waals surface area (Å²) in [7, 11) is 0. The van der Waals surface area contributed by atoms with E-state index in [1.54, 1.807) is 5.38 Å².